The summed E-state index contributed by atoms with van der Waals surface area (Å²) in [6, 6.07) is 10.9. The molecule has 174 valence electrons. The fourth-order valence-electron chi connectivity index (χ4n) is 3.32. The lowest BCUT2D eigenvalue weighted by molar-refractivity contribution is -0.137. The van der Waals surface area contributed by atoms with Crippen molar-refractivity contribution in [2.24, 2.45) is 0 Å². The molecule has 4 aromatic rings. The van der Waals surface area contributed by atoms with Gasteiger partial charge in [-0.15, -0.1) is 10.2 Å². The number of halogens is 3. The third kappa shape index (κ3) is 4.49. The van der Waals surface area contributed by atoms with Crippen molar-refractivity contribution in [1.29, 1.82) is 0 Å². The van der Waals surface area contributed by atoms with E-state index in [1.165, 1.54) is 22.2 Å². The first-order valence-corrected chi connectivity index (χ1v) is 10.9. The minimum absolute atomic E-state index is 0.121. The van der Waals surface area contributed by atoms with Gasteiger partial charge in [0, 0.05) is 17.3 Å². The fraction of sp³-hybridized carbons (Fsp3) is 0.182. The third-order valence-electron chi connectivity index (χ3n) is 4.95. The van der Waals surface area contributed by atoms with Crippen molar-refractivity contribution < 1.29 is 27.4 Å². The molecule has 5 rings (SSSR count). The van der Waals surface area contributed by atoms with Gasteiger partial charge in [0.15, 0.2) is 23.0 Å². The van der Waals surface area contributed by atoms with Crippen LogP contribution in [0.5, 0.6) is 11.5 Å². The Balaban J connectivity index is 1.33. The van der Waals surface area contributed by atoms with E-state index in [1.54, 1.807) is 24.4 Å². The van der Waals surface area contributed by atoms with Crippen LogP contribution in [-0.4, -0.2) is 38.7 Å². The van der Waals surface area contributed by atoms with Crippen molar-refractivity contribution in [3.8, 4) is 11.5 Å². The van der Waals surface area contributed by atoms with Crippen molar-refractivity contribution in [3.05, 3.63) is 71.8 Å². The van der Waals surface area contributed by atoms with Crippen molar-refractivity contribution in [2.75, 3.05) is 13.2 Å². The molecular weight excluding hydrogens is 471 g/mol. The van der Waals surface area contributed by atoms with Crippen LogP contribution in [0.4, 0.5) is 13.2 Å². The number of nitrogens with one attached hydrogen (secondary N) is 1. The Morgan fingerprint density at radius 1 is 1.09 bits per heavy atom. The number of aromatic nitrogens is 4. The molecule has 0 saturated heterocycles. The summed E-state index contributed by atoms with van der Waals surface area (Å²) in [4.78, 5) is 18.0. The van der Waals surface area contributed by atoms with E-state index in [9.17, 15) is 18.0 Å². The quantitative estimate of drug-likeness (QED) is 0.455. The average molecular weight is 487 g/mol. The number of alkyl halides is 3. The second kappa shape index (κ2) is 8.86. The molecule has 12 heteroatoms. The number of carbonyl (C=O) groups is 1. The standard InChI is InChI=1S/C22H16F3N5O3S/c23-22(24,25)13-3-6-18-28-29-19(30(18)12-13)11-27-20(31)15-2-1-7-26-21(15)34-14-4-5-16-17(10-14)33-9-8-32-16/h1-7,10,12H,8-9,11H2,(H,27,31). The summed E-state index contributed by atoms with van der Waals surface area (Å²) >= 11 is 1.28. The Hall–Kier alpha value is -3.80. The topological polar surface area (TPSA) is 90.6 Å². The Labute approximate surface area is 195 Å². The van der Waals surface area contributed by atoms with Gasteiger partial charge >= 0.3 is 6.18 Å². The molecule has 8 nitrogen and oxygen atoms in total. The number of amides is 1. The number of carbonyl (C=O) groups excluding carboxylic acids is 1. The maximum absolute atomic E-state index is 13.1. The summed E-state index contributed by atoms with van der Waals surface area (Å²) in [6.07, 6.45) is -2.03. The van der Waals surface area contributed by atoms with Crippen LogP contribution < -0.4 is 14.8 Å². The number of benzene rings is 1. The van der Waals surface area contributed by atoms with Gasteiger partial charge in [0.25, 0.3) is 5.91 Å². The summed E-state index contributed by atoms with van der Waals surface area (Å²) in [7, 11) is 0. The zero-order valence-corrected chi connectivity index (χ0v) is 18.2. The van der Waals surface area contributed by atoms with Gasteiger partial charge in [-0.25, -0.2) is 4.98 Å². The average Bonchev–Trinajstić information content (AvgIpc) is 3.24. The number of ether oxygens (including phenoxy) is 2. The molecule has 1 aromatic carbocycles. The molecule has 1 amide bonds. The summed E-state index contributed by atoms with van der Waals surface area (Å²) in [6.45, 7) is 0.827. The Bertz CT molecular complexity index is 1380. The summed E-state index contributed by atoms with van der Waals surface area (Å²) < 4.78 is 51.5. The van der Waals surface area contributed by atoms with Crippen molar-refractivity contribution in [1.82, 2.24) is 24.9 Å². The number of hydrogen-bond donors (Lipinski definition) is 1. The second-order valence-corrected chi connectivity index (χ2v) is 8.27. The molecule has 34 heavy (non-hydrogen) atoms. The van der Waals surface area contributed by atoms with E-state index >= 15 is 0 Å². The Morgan fingerprint density at radius 3 is 2.74 bits per heavy atom. The molecule has 4 heterocycles. The summed E-state index contributed by atoms with van der Waals surface area (Å²) in [5, 5.41) is 10.9. The smallest absolute Gasteiger partial charge is 0.417 e. The van der Waals surface area contributed by atoms with Crippen LogP contribution in [-0.2, 0) is 12.7 Å². The predicted octanol–water partition coefficient (Wildman–Crippen LogP) is 4.00. The van der Waals surface area contributed by atoms with E-state index in [0.717, 1.165) is 17.2 Å². The SMILES string of the molecule is O=C(NCc1nnc2ccc(C(F)(F)F)cn12)c1cccnc1Sc1ccc2c(c1)OCCO2. The first-order chi connectivity index (χ1) is 16.4. The van der Waals surface area contributed by atoms with Crippen molar-refractivity contribution in [3.63, 3.8) is 0 Å². The molecule has 0 bridgehead atoms. The zero-order chi connectivity index (χ0) is 23.7. The highest BCUT2D eigenvalue weighted by Crippen LogP contribution is 2.37. The minimum Gasteiger partial charge on any atom is -0.486 e. The van der Waals surface area contributed by atoms with E-state index in [1.807, 2.05) is 12.1 Å². The number of fused-ring (bicyclic) bond motifs is 2. The van der Waals surface area contributed by atoms with Gasteiger partial charge in [0.05, 0.1) is 17.7 Å². The zero-order valence-electron chi connectivity index (χ0n) is 17.4. The number of pyridine rings is 2. The first kappa shape index (κ1) is 22.0. The van der Waals surface area contributed by atoms with E-state index in [-0.39, 0.29) is 18.0 Å². The Morgan fingerprint density at radius 2 is 1.91 bits per heavy atom. The highest BCUT2D eigenvalue weighted by atomic mass is 32.2. The number of hydrogen-bond acceptors (Lipinski definition) is 7. The van der Waals surface area contributed by atoms with Gasteiger partial charge in [-0.1, -0.05) is 11.8 Å². The number of nitrogens with zero attached hydrogens (tertiary/aromatic N) is 4. The van der Waals surface area contributed by atoms with Gasteiger partial charge in [-0.3, -0.25) is 9.20 Å². The molecular formula is C22H16F3N5O3S. The van der Waals surface area contributed by atoms with Crippen LogP contribution in [0.15, 0.2) is 64.8 Å². The molecule has 0 spiro atoms. The predicted molar refractivity (Wildman–Crippen MR) is 115 cm³/mol. The highest BCUT2D eigenvalue weighted by molar-refractivity contribution is 7.99. The second-order valence-electron chi connectivity index (χ2n) is 7.21. The van der Waals surface area contributed by atoms with Crippen LogP contribution in [0.1, 0.15) is 21.7 Å². The lowest BCUT2D eigenvalue weighted by Crippen LogP contribution is -2.25. The fourth-order valence-corrected chi connectivity index (χ4v) is 4.23. The van der Waals surface area contributed by atoms with E-state index < -0.39 is 17.6 Å². The van der Waals surface area contributed by atoms with E-state index in [2.05, 4.69) is 20.5 Å². The van der Waals surface area contributed by atoms with Gasteiger partial charge in [0.1, 0.15) is 18.2 Å². The number of rotatable bonds is 5. The van der Waals surface area contributed by atoms with Crippen LogP contribution in [0, 0.1) is 0 Å². The maximum Gasteiger partial charge on any atom is 0.417 e. The van der Waals surface area contributed by atoms with Crippen molar-refractivity contribution in [2.45, 2.75) is 22.6 Å². The monoisotopic (exact) mass is 487 g/mol. The molecule has 0 aliphatic carbocycles. The molecule has 0 radical (unpaired) electrons. The minimum atomic E-state index is -4.51. The van der Waals surface area contributed by atoms with E-state index in [4.69, 9.17) is 9.47 Å². The highest BCUT2D eigenvalue weighted by Gasteiger charge is 2.31. The molecule has 0 atom stereocenters. The summed E-state index contributed by atoms with van der Waals surface area (Å²) in [5.41, 5.74) is -0.279. The molecule has 1 aliphatic rings. The largest absolute Gasteiger partial charge is 0.486 e. The molecule has 1 N–H and O–H groups in total. The van der Waals surface area contributed by atoms with E-state index in [0.29, 0.717) is 35.3 Å². The molecule has 0 fully saturated rings. The lowest BCUT2D eigenvalue weighted by atomic mass is 10.2. The van der Waals surface area contributed by atoms with Crippen molar-refractivity contribution >= 4 is 23.3 Å². The molecule has 3 aromatic heterocycles. The normalized spacial score (nSPS) is 13.1. The summed E-state index contributed by atoms with van der Waals surface area (Å²) in [5.74, 6) is 0.996. The van der Waals surface area contributed by atoms with Gasteiger partial charge in [-0.2, -0.15) is 13.2 Å². The van der Waals surface area contributed by atoms with Gasteiger partial charge in [0.2, 0.25) is 0 Å². The molecule has 0 unspecified atom stereocenters. The lowest BCUT2D eigenvalue weighted by Gasteiger charge is -2.18. The van der Waals surface area contributed by atoms with Gasteiger partial charge < -0.3 is 14.8 Å². The van der Waals surface area contributed by atoms with Gasteiger partial charge in [-0.05, 0) is 42.5 Å². The Kier molecular flexibility index (Phi) is 5.74. The third-order valence-corrected chi connectivity index (χ3v) is 5.96. The molecule has 1 aliphatic heterocycles. The van der Waals surface area contributed by atoms with Crippen LogP contribution >= 0.6 is 11.8 Å². The first-order valence-electron chi connectivity index (χ1n) is 10.1. The molecule has 0 saturated carbocycles. The maximum atomic E-state index is 13.1. The van der Waals surface area contributed by atoms with Crippen LogP contribution in [0.3, 0.4) is 0 Å². The van der Waals surface area contributed by atoms with Crippen LogP contribution in [0.25, 0.3) is 5.65 Å². The van der Waals surface area contributed by atoms with Crippen LogP contribution in [0.2, 0.25) is 0 Å².